The molecule has 8 nitrogen and oxygen atoms in total. The van der Waals surface area contributed by atoms with Gasteiger partial charge in [0.2, 0.25) is 6.10 Å². The molecule has 4 rings (SSSR count). The van der Waals surface area contributed by atoms with Crippen molar-refractivity contribution in [3.63, 3.8) is 0 Å². The van der Waals surface area contributed by atoms with Crippen molar-refractivity contribution in [3.8, 4) is 0 Å². The molecular weight excluding hydrogens is 354 g/mol. The van der Waals surface area contributed by atoms with E-state index < -0.39 is 42.5 Å². The molecule has 2 fully saturated rings. The zero-order chi connectivity index (χ0) is 19.0. The molecule has 0 aromatic heterocycles. The van der Waals surface area contributed by atoms with Crippen molar-refractivity contribution in [2.24, 2.45) is 5.16 Å². The van der Waals surface area contributed by atoms with Gasteiger partial charge >= 0.3 is 5.97 Å². The van der Waals surface area contributed by atoms with E-state index in [1.165, 1.54) is 7.11 Å². The topological polar surface area (TPSA) is 84.8 Å². The summed E-state index contributed by atoms with van der Waals surface area (Å²) in [6.07, 6.45) is -2.39. The fourth-order valence-electron chi connectivity index (χ4n) is 3.52. The number of oxime groups is 1. The molecule has 0 amide bonds. The zero-order valence-electron chi connectivity index (χ0n) is 15.5. The van der Waals surface area contributed by atoms with Crippen LogP contribution in [-0.2, 0) is 39.9 Å². The van der Waals surface area contributed by atoms with Gasteiger partial charge in [-0.15, -0.1) is 0 Å². The summed E-state index contributed by atoms with van der Waals surface area (Å²) in [7, 11) is 1.32. The molecule has 146 valence electrons. The summed E-state index contributed by atoms with van der Waals surface area (Å²) < 4.78 is 28.7. The van der Waals surface area contributed by atoms with Crippen molar-refractivity contribution in [1.29, 1.82) is 0 Å². The fraction of sp³-hybridized carbons (Fsp3) is 0.579. The third-order valence-electron chi connectivity index (χ3n) is 4.76. The number of carbonyl (C=O) groups is 1. The van der Waals surface area contributed by atoms with Gasteiger partial charge in [0, 0.05) is 6.42 Å². The van der Waals surface area contributed by atoms with Gasteiger partial charge < -0.3 is 28.5 Å². The minimum Gasteiger partial charge on any atom is -0.466 e. The van der Waals surface area contributed by atoms with Crippen LogP contribution in [0.5, 0.6) is 0 Å². The third-order valence-corrected chi connectivity index (χ3v) is 4.76. The van der Waals surface area contributed by atoms with E-state index >= 15 is 0 Å². The number of esters is 1. The maximum atomic E-state index is 11.7. The highest BCUT2D eigenvalue weighted by atomic mass is 16.8. The SMILES string of the molecule is COC(=O)C1CC([C@H]2O[C@@H]3OC(C)(C)O[C@@H]3[C@H]2OCc2ccccc2)=NO1. The molecule has 0 bridgehead atoms. The van der Waals surface area contributed by atoms with Crippen LogP contribution >= 0.6 is 0 Å². The van der Waals surface area contributed by atoms with Gasteiger partial charge in [-0.05, 0) is 19.4 Å². The minimum atomic E-state index is -0.762. The van der Waals surface area contributed by atoms with E-state index in [0.29, 0.717) is 12.3 Å². The van der Waals surface area contributed by atoms with Gasteiger partial charge in [0.05, 0.1) is 19.4 Å². The Balaban J connectivity index is 1.49. The Morgan fingerprint density at radius 3 is 2.78 bits per heavy atom. The lowest BCUT2D eigenvalue weighted by molar-refractivity contribution is -0.210. The molecule has 0 spiro atoms. The van der Waals surface area contributed by atoms with Gasteiger partial charge in [0.15, 0.2) is 12.1 Å². The molecule has 2 saturated heterocycles. The van der Waals surface area contributed by atoms with Crippen LogP contribution in [0.3, 0.4) is 0 Å². The van der Waals surface area contributed by atoms with Crippen LogP contribution in [0, 0.1) is 0 Å². The molecule has 0 N–H and O–H groups in total. The van der Waals surface area contributed by atoms with Crippen molar-refractivity contribution >= 4 is 11.7 Å². The average Bonchev–Trinajstić information content (AvgIpc) is 3.32. The molecule has 0 radical (unpaired) electrons. The summed E-state index contributed by atoms with van der Waals surface area (Å²) in [6.45, 7) is 4.07. The van der Waals surface area contributed by atoms with E-state index in [9.17, 15) is 4.79 Å². The van der Waals surface area contributed by atoms with E-state index in [1.54, 1.807) is 0 Å². The molecule has 1 aromatic carbocycles. The van der Waals surface area contributed by atoms with Gasteiger partial charge in [0.25, 0.3) is 0 Å². The first-order chi connectivity index (χ1) is 13.0. The normalized spacial score (nSPS) is 34.0. The van der Waals surface area contributed by atoms with Gasteiger partial charge in [0.1, 0.15) is 18.3 Å². The molecule has 0 aliphatic carbocycles. The summed E-state index contributed by atoms with van der Waals surface area (Å²) in [5.74, 6) is -1.22. The van der Waals surface area contributed by atoms with Crippen LogP contribution in [0.25, 0.3) is 0 Å². The molecule has 3 aliphatic heterocycles. The molecule has 5 atom stereocenters. The smallest absolute Gasteiger partial charge is 0.350 e. The lowest BCUT2D eigenvalue weighted by Gasteiger charge is -2.25. The number of rotatable bonds is 5. The first kappa shape index (κ1) is 18.4. The highest BCUT2D eigenvalue weighted by Crippen LogP contribution is 2.40. The summed E-state index contributed by atoms with van der Waals surface area (Å²) in [5.41, 5.74) is 1.62. The quantitative estimate of drug-likeness (QED) is 0.723. The predicted molar refractivity (Wildman–Crippen MR) is 92.7 cm³/mol. The van der Waals surface area contributed by atoms with Crippen molar-refractivity contribution in [3.05, 3.63) is 35.9 Å². The second kappa shape index (κ2) is 7.20. The molecule has 1 aromatic rings. The summed E-state index contributed by atoms with van der Waals surface area (Å²) in [4.78, 5) is 16.9. The highest BCUT2D eigenvalue weighted by Gasteiger charge is 2.57. The zero-order valence-corrected chi connectivity index (χ0v) is 15.5. The van der Waals surface area contributed by atoms with E-state index in [-0.39, 0.29) is 6.42 Å². The van der Waals surface area contributed by atoms with Gasteiger partial charge in [-0.2, -0.15) is 0 Å². The number of hydrogen-bond acceptors (Lipinski definition) is 8. The van der Waals surface area contributed by atoms with E-state index in [1.807, 2.05) is 44.2 Å². The van der Waals surface area contributed by atoms with E-state index in [2.05, 4.69) is 5.16 Å². The molecule has 0 saturated carbocycles. The van der Waals surface area contributed by atoms with Crippen LogP contribution in [0.2, 0.25) is 0 Å². The lowest BCUT2D eigenvalue weighted by atomic mass is 10.0. The molecule has 1 unspecified atom stereocenters. The number of carbonyl (C=O) groups excluding carboxylic acids is 1. The predicted octanol–water partition coefficient (Wildman–Crippen LogP) is 1.77. The molecule has 3 aliphatic rings. The fourth-order valence-corrected chi connectivity index (χ4v) is 3.52. The Labute approximate surface area is 157 Å². The Kier molecular flexibility index (Phi) is 4.90. The van der Waals surface area contributed by atoms with Crippen LogP contribution in [0.4, 0.5) is 0 Å². The second-order valence-electron chi connectivity index (χ2n) is 7.19. The average molecular weight is 377 g/mol. The Bertz CT molecular complexity index is 720. The lowest BCUT2D eigenvalue weighted by Crippen LogP contribution is -2.41. The number of ether oxygens (including phenoxy) is 5. The van der Waals surface area contributed by atoms with Gasteiger partial charge in [-0.1, -0.05) is 35.5 Å². The van der Waals surface area contributed by atoms with Gasteiger partial charge in [-0.25, -0.2) is 4.79 Å². The summed E-state index contributed by atoms with van der Waals surface area (Å²) >= 11 is 0. The summed E-state index contributed by atoms with van der Waals surface area (Å²) in [5, 5.41) is 4.04. The van der Waals surface area contributed by atoms with E-state index in [0.717, 1.165) is 5.56 Å². The second-order valence-corrected chi connectivity index (χ2v) is 7.19. The number of nitrogens with zero attached hydrogens (tertiary/aromatic N) is 1. The first-order valence-electron chi connectivity index (χ1n) is 8.94. The number of hydrogen-bond donors (Lipinski definition) is 0. The Morgan fingerprint density at radius 2 is 2.04 bits per heavy atom. The molecule has 27 heavy (non-hydrogen) atoms. The van der Waals surface area contributed by atoms with Crippen LogP contribution in [0.1, 0.15) is 25.8 Å². The van der Waals surface area contributed by atoms with Crippen LogP contribution in [-0.4, -0.2) is 55.3 Å². The van der Waals surface area contributed by atoms with E-state index in [4.69, 9.17) is 28.5 Å². The largest absolute Gasteiger partial charge is 0.466 e. The third kappa shape index (κ3) is 3.70. The van der Waals surface area contributed by atoms with Crippen LogP contribution < -0.4 is 0 Å². The van der Waals surface area contributed by atoms with Crippen molar-refractivity contribution in [2.75, 3.05) is 7.11 Å². The standard InChI is InChI=1S/C19H23NO7/c1-19(2)25-16-15(23-10-11-7-5-4-6-8-11)14(24-18(16)26-19)12-9-13(27-20-12)17(21)22-3/h4-8,13-16,18H,9-10H2,1-3H3/t13?,14-,15+,16-,18-/m1/s1. The number of benzene rings is 1. The van der Waals surface area contributed by atoms with Crippen LogP contribution in [0.15, 0.2) is 35.5 Å². The maximum Gasteiger partial charge on any atom is 0.350 e. The molecule has 3 heterocycles. The Morgan fingerprint density at radius 1 is 1.26 bits per heavy atom. The van der Waals surface area contributed by atoms with Crippen molar-refractivity contribution in [2.45, 2.75) is 63.4 Å². The monoisotopic (exact) mass is 377 g/mol. The highest BCUT2D eigenvalue weighted by molar-refractivity contribution is 5.94. The van der Waals surface area contributed by atoms with Crippen molar-refractivity contribution in [1.82, 2.24) is 0 Å². The molecular formula is C19H23NO7. The number of methoxy groups -OCH3 is 1. The van der Waals surface area contributed by atoms with Gasteiger partial charge in [-0.3, -0.25) is 0 Å². The maximum absolute atomic E-state index is 11.7. The van der Waals surface area contributed by atoms with Crippen molar-refractivity contribution < 1.29 is 33.3 Å². The summed E-state index contributed by atoms with van der Waals surface area (Å²) in [6, 6.07) is 9.84. The first-order valence-corrected chi connectivity index (χ1v) is 8.94. The Hall–Kier alpha value is -2.00. The number of fused-ring (bicyclic) bond motifs is 1. The minimum absolute atomic E-state index is 0.283. The molecule has 8 heteroatoms.